The number of carbonyl (C=O) groups is 2. The van der Waals surface area contributed by atoms with Gasteiger partial charge < -0.3 is 9.47 Å². The van der Waals surface area contributed by atoms with Crippen LogP contribution >= 0.6 is 0 Å². The zero-order valence-corrected chi connectivity index (χ0v) is 9.14. The van der Waals surface area contributed by atoms with Crippen molar-refractivity contribution in [1.29, 1.82) is 0 Å². The maximum absolute atomic E-state index is 11.4. The van der Waals surface area contributed by atoms with E-state index in [1.807, 2.05) is 6.07 Å². The molecule has 0 aliphatic heterocycles. The third-order valence-corrected chi connectivity index (χ3v) is 1.85. The molecule has 0 aromatic heterocycles. The molecule has 0 unspecified atom stereocenters. The average molecular weight is 222 g/mol. The quantitative estimate of drug-likeness (QED) is 0.713. The lowest BCUT2D eigenvalue weighted by molar-refractivity contribution is -0.143. The van der Waals surface area contributed by atoms with Gasteiger partial charge in [-0.25, -0.2) is 4.79 Å². The smallest absolute Gasteiger partial charge is 0.338 e. The summed E-state index contributed by atoms with van der Waals surface area (Å²) in [6, 6.07) is 8.64. The van der Waals surface area contributed by atoms with Crippen molar-refractivity contribution >= 4 is 11.9 Å². The van der Waals surface area contributed by atoms with Crippen molar-refractivity contribution < 1.29 is 19.1 Å². The molecule has 1 rings (SSSR count). The van der Waals surface area contributed by atoms with E-state index in [9.17, 15) is 9.59 Å². The molecule has 0 spiro atoms. The summed E-state index contributed by atoms with van der Waals surface area (Å²) in [6.07, 6.45) is 0.0897. The van der Waals surface area contributed by atoms with Crippen LogP contribution in [0.2, 0.25) is 0 Å². The van der Waals surface area contributed by atoms with E-state index in [-0.39, 0.29) is 19.0 Å². The van der Waals surface area contributed by atoms with Crippen molar-refractivity contribution in [2.24, 2.45) is 0 Å². The van der Waals surface area contributed by atoms with E-state index < -0.39 is 5.97 Å². The fourth-order valence-electron chi connectivity index (χ4n) is 1.12. The monoisotopic (exact) mass is 222 g/mol. The van der Waals surface area contributed by atoms with Crippen LogP contribution in [0.15, 0.2) is 30.3 Å². The van der Waals surface area contributed by atoms with Crippen LogP contribution in [0.5, 0.6) is 0 Å². The first-order valence-electron chi connectivity index (χ1n) is 5.12. The molecule has 86 valence electrons. The lowest BCUT2D eigenvalue weighted by Crippen LogP contribution is -2.11. The Morgan fingerprint density at radius 3 is 2.44 bits per heavy atom. The normalized spacial score (nSPS) is 9.56. The molecular formula is C12H14O4. The van der Waals surface area contributed by atoms with E-state index in [1.165, 1.54) is 0 Å². The lowest BCUT2D eigenvalue weighted by atomic mass is 10.2. The van der Waals surface area contributed by atoms with E-state index in [0.717, 1.165) is 0 Å². The van der Waals surface area contributed by atoms with Crippen molar-refractivity contribution in [1.82, 2.24) is 0 Å². The first kappa shape index (κ1) is 12.2. The van der Waals surface area contributed by atoms with Crippen molar-refractivity contribution in [2.75, 3.05) is 13.2 Å². The number of hydrogen-bond donors (Lipinski definition) is 0. The zero-order chi connectivity index (χ0) is 11.8. The van der Waals surface area contributed by atoms with Crippen LogP contribution < -0.4 is 0 Å². The molecule has 0 fully saturated rings. The molecule has 4 heteroatoms. The Hall–Kier alpha value is -1.84. The van der Waals surface area contributed by atoms with Crippen molar-refractivity contribution in [3.63, 3.8) is 0 Å². The van der Waals surface area contributed by atoms with Gasteiger partial charge in [-0.3, -0.25) is 4.79 Å². The minimum Gasteiger partial charge on any atom is -0.466 e. The summed E-state index contributed by atoms with van der Waals surface area (Å²) in [6.45, 7) is 2.12. The number of rotatable bonds is 5. The summed E-state index contributed by atoms with van der Waals surface area (Å²) in [4.78, 5) is 22.4. The lowest BCUT2D eigenvalue weighted by Gasteiger charge is -2.04. The standard InChI is InChI=1S/C12H14O4/c1-2-15-11(13)8-9-16-12(14)10-6-4-3-5-7-10/h3-7H,2,8-9H2,1H3. The van der Waals surface area contributed by atoms with Gasteiger partial charge in [0.1, 0.15) is 6.61 Å². The second-order valence-electron chi connectivity index (χ2n) is 3.06. The highest BCUT2D eigenvalue weighted by atomic mass is 16.5. The Morgan fingerprint density at radius 2 is 1.81 bits per heavy atom. The topological polar surface area (TPSA) is 52.6 Å². The van der Waals surface area contributed by atoms with Gasteiger partial charge in [-0.05, 0) is 19.1 Å². The Kier molecular flexibility index (Phi) is 5.05. The van der Waals surface area contributed by atoms with Crippen LogP contribution in [0.1, 0.15) is 23.7 Å². The van der Waals surface area contributed by atoms with Gasteiger partial charge in [0, 0.05) is 0 Å². The summed E-state index contributed by atoms with van der Waals surface area (Å²) in [5.41, 5.74) is 0.478. The predicted molar refractivity (Wildman–Crippen MR) is 58.0 cm³/mol. The van der Waals surface area contributed by atoms with Gasteiger partial charge in [0.25, 0.3) is 0 Å². The highest BCUT2D eigenvalue weighted by molar-refractivity contribution is 5.89. The first-order chi connectivity index (χ1) is 7.74. The van der Waals surface area contributed by atoms with E-state index >= 15 is 0 Å². The molecule has 4 nitrogen and oxygen atoms in total. The SMILES string of the molecule is CCOC(=O)CCOC(=O)c1ccccc1. The van der Waals surface area contributed by atoms with Gasteiger partial charge in [0.2, 0.25) is 0 Å². The summed E-state index contributed by atoms with van der Waals surface area (Å²) < 4.78 is 9.60. The molecule has 0 aliphatic carbocycles. The van der Waals surface area contributed by atoms with Crippen LogP contribution in [-0.2, 0) is 14.3 Å². The molecular weight excluding hydrogens is 208 g/mol. The molecule has 0 bridgehead atoms. The van der Waals surface area contributed by atoms with E-state index in [2.05, 4.69) is 0 Å². The molecule has 0 atom stereocenters. The number of ether oxygens (including phenoxy) is 2. The Balaban J connectivity index is 2.29. The van der Waals surface area contributed by atoms with Crippen molar-refractivity contribution in [2.45, 2.75) is 13.3 Å². The van der Waals surface area contributed by atoms with Crippen LogP contribution in [-0.4, -0.2) is 25.2 Å². The molecule has 0 saturated heterocycles. The van der Waals surface area contributed by atoms with Gasteiger partial charge in [0.15, 0.2) is 0 Å². The number of esters is 2. The number of benzene rings is 1. The summed E-state index contributed by atoms with van der Waals surface area (Å²) >= 11 is 0. The maximum atomic E-state index is 11.4. The van der Waals surface area contributed by atoms with Gasteiger partial charge in [-0.2, -0.15) is 0 Å². The van der Waals surface area contributed by atoms with E-state index in [1.54, 1.807) is 31.2 Å². The fraction of sp³-hybridized carbons (Fsp3) is 0.333. The van der Waals surface area contributed by atoms with Crippen molar-refractivity contribution in [3.8, 4) is 0 Å². The van der Waals surface area contributed by atoms with Crippen LogP contribution in [0.3, 0.4) is 0 Å². The Morgan fingerprint density at radius 1 is 1.12 bits per heavy atom. The first-order valence-corrected chi connectivity index (χ1v) is 5.12. The molecule has 0 amide bonds. The Labute approximate surface area is 94.2 Å². The maximum Gasteiger partial charge on any atom is 0.338 e. The average Bonchev–Trinajstić information content (AvgIpc) is 2.30. The molecule has 0 saturated carbocycles. The third-order valence-electron chi connectivity index (χ3n) is 1.85. The summed E-state index contributed by atoms with van der Waals surface area (Å²) in [7, 11) is 0. The van der Waals surface area contributed by atoms with Crippen LogP contribution in [0.25, 0.3) is 0 Å². The number of carbonyl (C=O) groups excluding carboxylic acids is 2. The molecule has 0 N–H and O–H groups in total. The minimum absolute atomic E-state index is 0.0482. The molecule has 1 aromatic rings. The highest BCUT2D eigenvalue weighted by Gasteiger charge is 2.07. The largest absolute Gasteiger partial charge is 0.466 e. The zero-order valence-electron chi connectivity index (χ0n) is 9.14. The molecule has 0 radical (unpaired) electrons. The highest BCUT2D eigenvalue weighted by Crippen LogP contribution is 2.01. The number of hydrogen-bond acceptors (Lipinski definition) is 4. The van der Waals surface area contributed by atoms with Gasteiger partial charge in [-0.1, -0.05) is 18.2 Å². The minimum atomic E-state index is -0.426. The second kappa shape index (κ2) is 6.61. The van der Waals surface area contributed by atoms with Crippen LogP contribution in [0, 0.1) is 0 Å². The summed E-state index contributed by atoms with van der Waals surface area (Å²) in [5, 5.41) is 0. The fourth-order valence-corrected chi connectivity index (χ4v) is 1.12. The second-order valence-corrected chi connectivity index (χ2v) is 3.06. The van der Waals surface area contributed by atoms with E-state index in [0.29, 0.717) is 12.2 Å². The third kappa shape index (κ3) is 4.13. The van der Waals surface area contributed by atoms with Gasteiger partial charge >= 0.3 is 11.9 Å². The summed E-state index contributed by atoms with van der Waals surface area (Å²) in [5.74, 6) is -0.784. The van der Waals surface area contributed by atoms with Crippen LogP contribution in [0.4, 0.5) is 0 Å². The Bertz CT molecular complexity index is 345. The predicted octanol–water partition coefficient (Wildman–Crippen LogP) is 1.80. The van der Waals surface area contributed by atoms with E-state index in [4.69, 9.17) is 9.47 Å². The molecule has 16 heavy (non-hydrogen) atoms. The molecule has 0 heterocycles. The molecule has 0 aliphatic rings. The van der Waals surface area contributed by atoms with Gasteiger partial charge in [0.05, 0.1) is 18.6 Å². The molecule has 1 aromatic carbocycles. The van der Waals surface area contributed by atoms with Gasteiger partial charge in [-0.15, -0.1) is 0 Å². The van der Waals surface area contributed by atoms with Crippen molar-refractivity contribution in [3.05, 3.63) is 35.9 Å².